The second kappa shape index (κ2) is 6.69. The van der Waals surface area contributed by atoms with Crippen molar-refractivity contribution >= 4 is 0 Å². The first kappa shape index (κ1) is 10.6. The van der Waals surface area contributed by atoms with Gasteiger partial charge in [0.1, 0.15) is 0 Å². The normalized spacial score (nSPS) is 9.00. The van der Waals surface area contributed by atoms with Crippen molar-refractivity contribution in [2.75, 3.05) is 0 Å². The maximum absolute atomic E-state index is 9.81. The molecule has 0 aliphatic carbocycles. The average molecular weight is 262 g/mol. The summed E-state index contributed by atoms with van der Waals surface area (Å²) < 4.78 is 29.4. The molecule has 0 aliphatic rings. The van der Waals surface area contributed by atoms with Gasteiger partial charge in [0.15, 0.2) is 0 Å². The molecule has 0 rings (SSSR count). The van der Waals surface area contributed by atoms with Crippen LogP contribution in [0.1, 0.15) is 1.43 Å². The quantitative estimate of drug-likeness (QED) is 0.460. The van der Waals surface area contributed by atoms with E-state index in [1.54, 1.807) is 0 Å². The summed E-state index contributed by atoms with van der Waals surface area (Å²) in [6, 6.07) is 0. The van der Waals surface area contributed by atoms with Crippen molar-refractivity contribution in [3.8, 4) is 0 Å². The summed E-state index contributed by atoms with van der Waals surface area (Å²) in [7, 11) is 0. The van der Waals surface area contributed by atoms with E-state index in [-0.39, 0.29) is 52.8 Å². The van der Waals surface area contributed by atoms with Crippen LogP contribution in [0.3, 0.4) is 0 Å². The van der Waals surface area contributed by atoms with Crippen molar-refractivity contribution in [1.29, 1.82) is 0 Å². The first-order valence-corrected chi connectivity index (χ1v) is 2.54. The third kappa shape index (κ3) is 20.3. The monoisotopic (exact) mass is 262 g/mol. The molecule has 0 aromatic carbocycles. The standard InChI is InChI=1S/3FH.Ho.K.H/h3*1H;;;/q;;;+3;+1;-1/p-3. The smallest absolute Gasteiger partial charge is 1.00 e. The van der Waals surface area contributed by atoms with Crippen LogP contribution in [0.2, 0.25) is 0 Å². The van der Waals surface area contributed by atoms with Gasteiger partial charge in [-0.2, -0.15) is 0 Å². The topological polar surface area (TPSA) is 0 Å². The van der Waals surface area contributed by atoms with Crippen LogP contribution in [-0.4, -0.2) is 0 Å². The Morgan fingerprint density at radius 3 is 1.20 bits per heavy atom. The van der Waals surface area contributed by atoms with Gasteiger partial charge in [0, 0.05) is 0 Å². The number of hydrogen-bond acceptors (Lipinski definition) is 0. The molecule has 0 heterocycles. The third-order valence-corrected chi connectivity index (χ3v) is 0. The maximum atomic E-state index is 9.81. The fraction of sp³-hybridized carbons (Fsp3) is 0. The molecule has 0 radical (unpaired) electrons. The molecule has 0 aliphatic heterocycles. The first-order chi connectivity index (χ1) is 1.73. The van der Waals surface area contributed by atoms with Crippen LogP contribution in [0.15, 0.2) is 0 Å². The van der Waals surface area contributed by atoms with Gasteiger partial charge in [-0.15, -0.1) is 0 Å². The van der Waals surface area contributed by atoms with E-state index in [2.05, 4.69) is 0 Å². The van der Waals surface area contributed by atoms with E-state index in [0.29, 0.717) is 0 Å². The van der Waals surface area contributed by atoms with Gasteiger partial charge in [-0.1, -0.05) is 0 Å². The van der Waals surface area contributed by atoms with E-state index in [9.17, 15) is 4.09 Å². The minimum atomic E-state index is -4.70. The minimum absolute atomic E-state index is 0. The average Bonchev–Trinajstić information content (AvgIpc) is 0.811. The van der Waals surface area contributed by atoms with Crippen LogP contribution in [0.25, 0.3) is 0 Å². The van der Waals surface area contributed by atoms with Gasteiger partial charge in [0.2, 0.25) is 0 Å². The predicted molar refractivity (Wildman–Crippen MR) is 4.44 cm³/mol. The summed E-state index contributed by atoms with van der Waals surface area (Å²) >= 11 is -4.70. The van der Waals surface area contributed by atoms with Gasteiger partial charge in [0.25, 0.3) is 0 Å². The van der Waals surface area contributed by atoms with E-state index >= 15 is 0 Å². The van der Waals surface area contributed by atoms with Gasteiger partial charge >= 0.3 is 89.7 Å². The van der Waals surface area contributed by atoms with Crippen molar-refractivity contribution in [1.82, 2.24) is 0 Å². The van der Waals surface area contributed by atoms with Crippen LogP contribution < -0.4 is 51.4 Å². The van der Waals surface area contributed by atoms with E-state index in [1.165, 1.54) is 0 Å². The van der Waals surface area contributed by atoms with Crippen LogP contribution in [0.5, 0.6) is 0 Å². The summed E-state index contributed by atoms with van der Waals surface area (Å²) in [4.78, 5) is 0. The Morgan fingerprint density at radius 2 is 1.20 bits per heavy atom. The molecule has 0 spiro atoms. The summed E-state index contributed by atoms with van der Waals surface area (Å²) in [5.41, 5.74) is 0. The molecule has 0 unspecified atom stereocenters. The summed E-state index contributed by atoms with van der Waals surface area (Å²) in [6.45, 7) is 0. The van der Waals surface area contributed by atoms with Crippen molar-refractivity contribution < 1.29 is 91.1 Å². The van der Waals surface area contributed by atoms with Gasteiger partial charge in [-0.05, 0) is 0 Å². The van der Waals surface area contributed by atoms with Crippen molar-refractivity contribution in [2.45, 2.75) is 0 Å². The van der Waals surface area contributed by atoms with E-state index in [1.807, 2.05) is 0 Å². The summed E-state index contributed by atoms with van der Waals surface area (Å²) in [5, 5.41) is 0. The Hall–Kier alpha value is 2.69. The molecule has 0 aromatic heterocycles. The van der Waals surface area contributed by atoms with Gasteiger partial charge < -0.3 is 1.43 Å². The molecular weight excluding hydrogens is 261 g/mol. The zero-order chi connectivity index (χ0) is 3.58. The summed E-state index contributed by atoms with van der Waals surface area (Å²) in [5.74, 6) is 0. The van der Waals surface area contributed by atoms with Gasteiger partial charge in [-0.3, -0.25) is 0 Å². The van der Waals surface area contributed by atoms with Crippen molar-refractivity contribution in [3.63, 3.8) is 0 Å². The summed E-state index contributed by atoms with van der Waals surface area (Å²) in [6.07, 6.45) is 0. The number of hydrogen-bond donors (Lipinski definition) is 0. The maximum Gasteiger partial charge on any atom is 1.00 e. The molecule has 5 heavy (non-hydrogen) atoms. The SMILES string of the molecule is [F][Ho]([F])[F].[H-].[K+]. The zero-order valence-corrected chi connectivity index (χ0v) is 7.49. The van der Waals surface area contributed by atoms with Crippen molar-refractivity contribution in [2.24, 2.45) is 0 Å². The Kier molecular flexibility index (Phi) is 14.2. The Balaban J connectivity index is -0.0000000450. The Labute approximate surface area is 88.5 Å². The second-order valence-corrected chi connectivity index (χ2v) is 0.958. The van der Waals surface area contributed by atoms with Gasteiger partial charge in [0.05, 0.1) is 0 Å². The predicted octanol–water partition coefficient (Wildman–Crippen LogP) is -1.62. The third-order valence-electron chi connectivity index (χ3n) is 0. The number of halogens is 3. The van der Waals surface area contributed by atoms with E-state index in [0.717, 1.165) is 0 Å². The molecule has 0 saturated heterocycles. The Morgan fingerprint density at radius 1 is 1.20 bits per heavy atom. The molecular formula is HF3HoK. The minimum Gasteiger partial charge on any atom is -1.00 e. The number of rotatable bonds is 0. The van der Waals surface area contributed by atoms with E-state index in [4.69, 9.17) is 0 Å². The van der Waals surface area contributed by atoms with Gasteiger partial charge in [-0.25, -0.2) is 0 Å². The second-order valence-electron chi connectivity index (χ2n) is 0.129. The molecule has 0 amide bonds. The van der Waals surface area contributed by atoms with E-state index < -0.39 is 34.2 Å². The fourth-order valence-electron chi connectivity index (χ4n) is 0. The first-order valence-electron chi connectivity index (χ1n) is 0.342. The fourth-order valence-corrected chi connectivity index (χ4v) is 0. The van der Waals surface area contributed by atoms with Crippen LogP contribution in [-0.2, 0) is 0 Å². The van der Waals surface area contributed by atoms with Crippen LogP contribution >= 0.6 is 0 Å². The molecule has 0 saturated carbocycles. The molecule has 0 aromatic rings. The molecule has 0 nitrogen and oxygen atoms in total. The molecule has 34 valence electrons. The molecule has 0 bridgehead atoms. The molecule has 0 N–H and O–H groups in total. The van der Waals surface area contributed by atoms with Crippen LogP contribution in [0, 0.1) is 34.2 Å². The largest absolute Gasteiger partial charge is 1.00 e. The Bertz CT molecular complexity index is 15.5. The zero-order valence-electron chi connectivity index (χ0n) is 3.44. The molecule has 5 heteroatoms. The van der Waals surface area contributed by atoms with Crippen molar-refractivity contribution in [3.05, 3.63) is 0 Å². The molecule has 0 atom stereocenters. The van der Waals surface area contributed by atoms with Crippen LogP contribution in [0.4, 0.5) is 4.09 Å². The molecule has 0 fully saturated rings.